The first-order valence-corrected chi connectivity index (χ1v) is 25.8. The Morgan fingerprint density at radius 1 is 0.614 bits per heavy atom. The van der Waals surface area contributed by atoms with Crippen molar-refractivity contribution in [3.63, 3.8) is 0 Å². The Kier molecular flexibility index (Phi) is 13.0. The van der Waals surface area contributed by atoms with Crippen LogP contribution in [0.3, 0.4) is 0 Å². The SMILES string of the molecule is CCCCC(CC)Cc1cc2c(s1)c1sc(-c3c4nsnc4c(-c4cc5sc(N(CCCC)CCCC)cc5s4)c4nc(CC)c(CC)nc34)cc1n2CCCC. The average molecular weight is 855 g/mol. The van der Waals surface area contributed by atoms with E-state index in [2.05, 4.69) is 82.2 Å². The second kappa shape index (κ2) is 18.1. The minimum absolute atomic E-state index is 0.758. The molecule has 7 heterocycles. The minimum atomic E-state index is 0.758. The van der Waals surface area contributed by atoms with E-state index in [9.17, 15) is 0 Å². The Labute approximate surface area is 358 Å². The maximum atomic E-state index is 5.53. The molecular formula is C46H58N6S5. The molecule has 0 fully saturated rings. The van der Waals surface area contributed by atoms with E-state index in [1.165, 1.54) is 132 Å². The summed E-state index contributed by atoms with van der Waals surface area (Å²) in [5, 5.41) is 1.40. The van der Waals surface area contributed by atoms with E-state index < -0.39 is 0 Å². The Morgan fingerprint density at radius 3 is 1.81 bits per heavy atom. The molecular weight excluding hydrogens is 797 g/mol. The number of rotatable bonds is 20. The first-order chi connectivity index (χ1) is 27.9. The lowest BCUT2D eigenvalue weighted by Gasteiger charge is -2.22. The molecule has 0 saturated carbocycles. The number of aryl methyl sites for hydroxylation is 3. The zero-order valence-electron chi connectivity index (χ0n) is 34.9. The maximum Gasteiger partial charge on any atom is 0.116 e. The fourth-order valence-electron chi connectivity index (χ4n) is 8.44. The van der Waals surface area contributed by atoms with Gasteiger partial charge in [-0.1, -0.05) is 93.4 Å². The Morgan fingerprint density at radius 2 is 1.21 bits per heavy atom. The molecule has 57 heavy (non-hydrogen) atoms. The molecule has 7 aromatic heterocycles. The highest BCUT2D eigenvalue weighted by molar-refractivity contribution is 7.31. The van der Waals surface area contributed by atoms with E-state index in [4.69, 9.17) is 18.7 Å². The first kappa shape index (κ1) is 40.8. The monoisotopic (exact) mass is 854 g/mol. The van der Waals surface area contributed by atoms with Gasteiger partial charge in [0.2, 0.25) is 0 Å². The predicted octanol–water partition coefficient (Wildman–Crippen LogP) is 15.6. The first-order valence-electron chi connectivity index (χ1n) is 21.8. The standard InChI is InChI=1S/C46H58N6S5/c1-8-15-19-28(12-5)23-29-24-32-45(53-29)46-33(52(32)22-18-11-4)25-36(56-46)39-41-42(48-31(14-7)30(13-6)47-41)40(44-43(39)49-57-50-44)37-26-34-35(54-37)27-38(55-34)51(20-16-9-2)21-17-10-3/h24-28H,8-23H2,1-7H3. The van der Waals surface area contributed by atoms with Crippen molar-refractivity contribution in [3.05, 3.63) is 40.5 Å². The van der Waals surface area contributed by atoms with Gasteiger partial charge in [-0.15, -0.1) is 45.3 Å². The topological polar surface area (TPSA) is 59.7 Å². The number of unbranched alkanes of at least 4 members (excludes halogenated alkanes) is 4. The van der Waals surface area contributed by atoms with Crippen LogP contribution < -0.4 is 4.90 Å². The van der Waals surface area contributed by atoms with Gasteiger partial charge in [0.05, 0.1) is 48.6 Å². The Balaban J connectivity index is 1.29. The molecule has 0 radical (unpaired) electrons. The Hall–Kier alpha value is -2.96. The third kappa shape index (κ3) is 7.81. The number of thiophene rings is 4. The van der Waals surface area contributed by atoms with Crippen molar-refractivity contribution in [1.29, 1.82) is 0 Å². The summed E-state index contributed by atoms with van der Waals surface area (Å²) in [4.78, 5) is 17.6. The summed E-state index contributed by atoms with van der Waals surface area (Å²) in [5.74, 6) is 0.758. The van der Waals surface area contributed by atoms with Crippen molar-refractivity contribution in [3.8, 4) is 20.9 Å². The molecule has 8 rings (SSSR count). The number of benzene rings is 1. The van der Waals surface area contributed by atoms with Gasteiger partial charge in [-0.3, -0.25) is 0 Å². The number of fused-ring (bicyclic) bond motifs is 6. The van der Waals surface area contributed by atoms with E-state index in [0.717, 1.165) is 83.0 Å². The fourth-order valence-corrected chi connectivity index (χ4v) is 14.1. The number of hydrogen-bond acceptors (Lipinski definition) is 10. The van der Waals surface area contributed by atoms with Gasteiger partial charge in [0.15, 0.2) is 0 Å². The van der Waals surface area contributed by atoms with Crippen LogP contribution in [0.4, 0.5) is 5.00 Å². The zero-order chi connectivity index (χ0) is 39.6. The quantitative estimate of drug-likeness (QED) is 0.0764. The van der Waals surface area contributed by atoms with Crippen LogP contribution in [0.1, 0.15) is 129 Å². The van der Waals surface area contributed by atoms with Crippen LogP contribution in [0.2, 0.25) is 0 Å². The van der Waals surface area contributed by atoms with Crippen molar-refractivity contribution in [2.45, 2.75) is 138 Å². The summed E-state index contributed by atoms with van der Waals surface area (Å²) in [6.07, 6.45) is 15.3. The molecule has 0 amide bonds. The summed E-state index contributed by atoms with van der Waals surface area (Å²) >= 11 is 9.09. The highest BCUT2D eigenvalue weighted by atomic mass is 32.1. The van der Waals surface area contributed by atoms with Gasteiger partial charge in [-0.25, -0.2) is 9.97 Å². The Bertz CT molecular complexity index is 2570. The van der Waals surface area contributed by atoms with Gasteiger partial charge < -0.3 is 9.47 Å². The van der Waals surface area contributed by atoms with Crippen LogP contribution in [0.5, 0.6) is 0 Å². The largest absolute Gasteiger partial charge is 0.363 e. The third-order valence-corrected chi connectivity index (χ3v) is 17.1. The molecule has 11 heteroatoms. The van der Waals surface area contributed by atoms with Crippen molar-refractivity contribution in [2.75, 3.05) is 18.0 Å². The van der Waals surface area contributed by atoms with Crippen LogP contribution in [0, 0.1) is 5.92 Å². The average Bonchev–Trinajstić information content (AvgIpc) is 4.08. The molecule has 1 aromatic carbocycles. The summed E-state index contributed by atoms with van der Waals surface area (Å²) in [7, 11) is 0. The van der Waals surface area contributed by atoms with Crippen molar-refractivity contribution >= 4 is 114 Å². The molecule has 1 unspecified atom stereocenters. The van der Waals surface area contributed by atoms with Crippen LogP contribution in [0.15, 0.2) is 24.3 Å². The number of anilines is 1. The molecule has 6 nitrogen and oxygen atoms in total. The van der Waals surface area contributed by atoms with Gasteiger partial charge in [-0.05, 0) is 68.7 Å². The minimum Gasteiger partial charge on any atom is -0.363 e. The number of hydrogen-bond donors (Lipinski definition) is 0. The fraction of sp³-hybridized carbons (Fsp3) is 0.522. The highest BCUT2D eigenvalue weighted by Crippen LogP contribution is 2.50. The number of aromatic nitrogens is 5. The second-order valence-corrected chi connectivity index (χ2v) is 20.6. The summed E-state index contributed by atoms with van der Waals surface area (Å²) in [5.41, 5.74) is 11.0. The summed E-state index contributed by atoms with van der Waals surface area (Å²) in [6, 6.07) is 9.79. The van der Waals surface area contributed by atoms with Crippen LogP contribution in [-0.4, -0.2) is 36.4 Å². The van der Waals surface area contributed by atoms with Gasteiger partial charge in [-0.2, -0.15) is 8.75 Å². The lowest BCUT2D eigenvalue weighted by Crippen LogP contribution is -2.24. The van der Waals surface area contributed by atoms with Crippen LogP contribution >= 0.6 is 57.1 Å². The summed E-state index contributed by atoms with van der Waals surface area (Å²) < 4.78 is 18.3. The molecule has 0 bridgehead atoms. The molecule has 8 aromatic rings. The molecule has 0 aliphatic heterocycles. The molecule has 0 aliphatic rings. The van der Waals surface area contributed by atoms with E-state index in [-0.39, 0.29) is 0 Å². The predicted molar refractivity (Wildman–Crippen MR) is 256 cm³/mol. The van der Waals surface area contributed by atoms with Crippen molar-refractivity contribution in [1.82, 2.24) is 23.3 Å². The lowest BCUT2D eigenvalue weighted by atomic mass is 9.95. The molecule has 0 saturated heterocycles. The van der Waals surface area contributed by atoms with Crippen LogP contribution in [-0.2, 0) is 25.8 Å². The molecule has 302 valence electrons. The highest BCUT2D eigenvalue weighted by Gasteiger charge is 2.28. The van der Waals surface area contributed by atoms with Gasteiger partial charge in [0.1, 0.15) is 22.1 Å². The van der Waals surface area contributed by atoms with E-state index in [1.54, 1.807) is 0 Å². The van der Waals surface area contributed by atoms with Gasteiger partial charge in [0, 0.05) is 54.8 Å². The van der Waals surface area contributed by atoms with E-state index >= 15 is 0 Å². The molecule has 0 spiro atoms. The van der Waals surface area contributed by atoms with Gasteiger partial charge >= 0.3 is 0 Å². The van der Waals surface area contributed by atoms with Crippen molar-refractivity contribution < 1.29 is 0 Å². The second-order valence-electron chi connectivity index (χ2n) is 15.7. The van der Waals surface area contributed by atoms with Crippen LogP contribution in [0.25, 0.3) is 72.8 Å². The third-order valence-electron chi connectivity index (χ3n) is 11.8. The van der Waals surface area contributed by atoms with Gasteiger partial charge in [0.25, 0.3) is 0 Å². The normalized spacial score (nSPS) is 12.8. The lowest BCUT2D eigenvalue weighted by molar-refractivity contribution is 0.452. The molecule has 1 atom stereocenters. The van der Waals surface area contributed by atoms with E-state index in [1.807, 2.05) is 45.3 Å². The smallest absolute Gasteiger partial charge is 0.116 e. The maximum absolute atomic E-state index is 5.53. The molecule has 0 N–H and O–H groups in total. The summed E-state index contributed by atoms with van der Waals surface area (Å²) in [6.45, 7) is 19.3. The zero-order valence-corrected chi connectivity index (χ0v) is 39.0. The van der Waals surface area contributed by atoms with Crippen molar-refractivity contribution in [2.24, 2.45) is 5.92 Å². The molecule has 0 aliphatic carbocycles. The number of nitrogens with zero attached hydrogens (tertiary/aromatic N) is 6. The van der Waals surface area contributed by atoms with E-state index in [0.29, 0.717) is 0 Å².